The molecule has 3 aromatic carbocycles. The van der Waals surface area contributed by atoms with Crippen LogP contribution in [0.3, 0.4) is 0 Å². The third kappa shape index (κ3) is 4.84. The van der Waals surface area contributed by atoms with Gasteiger partial charge in [-0.1, -0.05) is 29.8 Å². The summed E-state index contributed by atoms with van der Waals surface area (Å²) < 4.78 is 55.8. The van der Waals surface area contributed by atoms with Gasteiger partial charge in [0.25, 0.3) is 15.9 Å². The summed E-state index contributed by atoms with van der Waals surface area (Å²) in [5.74, 6) is -2.27. The van der Waals surface area contributed by atoms with E-state index in [9.17, 15) is 22.0 Å². The highest BCUT2D eigenvalue weighted by atomic mass is 35.5. The lowest BCUT2D eigenvalue weighted by molar-refractivity contribution is 0.102. The first-order valence-electron chi connectivity index (χ1n) is 9.00. The van der Waals surface area contributed by atoms with E-state index in [0.29, 0.717) is 5.56 Å². The van der Waals surface area contributed by atoms with Crippen molar-refractivity contribution in [2.24, 2.45) is 5.73 Å². The molecule has 0 atom stereocenters. The lowest BCUT2D eigenvalue weighted by atomic mass is 10.1. The zero-order valence-electron chi connectivity index (χ0n) is 16.2. The number of sulfonamides is 1. The van der Waals surface area contributed by atoms with Gasteiger partial charge in [-0.15, -0.1) is 0 Å². The Labute approximate surface area is 183 Å². The minimum absolute atomic E-state index is 0.00659. The summed E-state index contributed by atoms with van der Waals surface area (Å²) in [5, 5.41) is 2.41. The predicted octanol–water partition coefficient (Wildman–Crippen LogP) is 4.44. The van der Waals surface area contributed by atoms with Crippen molar-refractivity contribution in [1.29, 1.82) is 0 Å². The number of nitrogens with one attached hydrogen (secondary N) is 2. The summed E-state index contributed by atoms with van der Waals surface area (Å²) in [4.78, 5) is 12.2. The quantitative estimate of drug-likeness (QED) is 0.501. The van der Waals surface area contributed by atoms with E-state index in [-0.39, 0.29) is 39.0 Å². The van der Waals surface area contributed by atoms with Crippen molar-refractivity contribution in [2.45, 2.75) is 18.4 Å². The molecule has 0 aromatic heterocycles. The summed E-state index contributed by atoms with van der Waals surface area (Å²) in [7, 11) is -4.15. The number of hydrogen-bond acceptors (Lipinski definition) is 4. The maximum absolute atomic E-state index is 14.0. The first-order chi connectivity index (χ1) is 14.6. The van der Waals surface area contributed by atoms with Crippen LogP contribution in [0.4, 0.5) is 20.2 Å². The van der Waals surface area contributed by atoms with Crippen LogP contribution >= 0.6 is 11.6 Å². The van der Waals surface area contributed by atoms with Crippen LogP contribution in [0.5, 0.6) is 0 Å². The van der Waals surface area contributed by atoms with Gasteiger partial charge in [0, 0.05) is 17.8 Å². The Morgan fingerprint density at radius 3 is 2.42 bits per heavy atom. The van der Waals surface area contributed by atoms with Crippen molar-refractivity contribution in [2.75, 3.05) is 10.0 Å². The first-order valence-corrected chi connectivity index (χ1v) is 10.9. The molecule has 0 saturated carbocycles. The number of amides is 1. The fraction of sp³-hybridized carbons (Fsp3) is 0.0952. The van der Waals surface area contributed by atoms with Crippen molar-refractivity contribution >= 4 is 38.9 Å². The van der Waals surface area contributed by atoms with Crippen LogP contribution in [-0.4, -0.2) is 14.3 Å². The number of carbonyl (C=O) groups excluding carboxylic acids is 1. The molecule has 162 valence electrons. The SMILES string of the molecule is Cc1c(F)cccc1S(=O)(=O)Nc1cc(NC(=O)c2c(F)cccc2Cl)ccc1CN. The van der Waals surface area contributed by atoms with E-state index in [1.54, 1.807) is 0 Å². The highest BCUT2D eigenvalue weighted by Gasteiger charge is 2.21. The van der Waals surface area contributed by atoms with Crippen LogP contribution in [0.15, 0.2) is 59.5 Å². The van der Waals surface area contributed by atoms with Gasteiger partial charge in [-0.25, -0.2) is 17.2 Å². The first kappa shape index (κ1) is 22.7. The molecule has 0 heterocycles. The Bertz CT molecular complexity index is 1250. The largest absolute Gasteiger partial charge is 0.326 e. The van der Waals surface area contributed by atoms with Gasteiger partial charge < -0.3 is 11.1 Å². The maximum atomic E-state index is 14.0. The molecule has 3 aromatic rings. The molecule has 31 heavy (non-hydrogen) atoms. The van der Waals surface area contributed by atoms with Gasteiger partial charge >= 0.3 is 0 Å². The van der Waals surface area contributed by atoms with Gasteiger partial charge in [-0.2, -0.15) is 0 Å². The third-order valence-electron chi connectivity index (χ3n) is 4.53. The van der Waals surface area contributed by atoms with E-state index in [2.05, 4.69) is 10.0 Å². The van der Waals surface area contributed by atoms with E-state index in [1.165, 1.54) is 49.4 Å². The fourth-order valence-electron chi connectivity index (χ4n) is 2.91. The van der Waals surface area contributed by atoms with Crippen LogP contribution in [-0.2, 0) is 16.6 Å². The topological polar surface area (TPSA) is 101 Å². The Balaban J connectivity index is 1.94. The molecule has 6 nitrogen and oxygen atoms in total. The van der Waals surface area contributed by atoms with Crippen molar-refractivity contribution in [3.8, 4) is 0 Å². The zero-order valence-corrected chi connectivity index (χ0v) is 17.8. The van der Waals surface area contributed by atoms with Gasteiger partial charge in [0.15, 0.2) is 0 Å². The maximum Gasteiger partial charge on any atom is 0.262 e. The second-order valence-electron chi connectivity index (χ2n) is 6.60. The summed E-state index contributed by atoms with van der Waals surface area (Å²) in [6, 6.07) is 11.9. The molecular formula is C21H18ClF2N3O3S. The molecule has 0 unspecified atom stereocenters. The second-order valence-corrected chi connectivity index (χ2v) is 8.65. The summed E-state index contributed by atoms with van der Waals surface area (Å²) in [5.41, 5.74) is 6.01. The molecule has 0 aliphatic carbocycles. The molecule has 0 aliphatic heterocycles. The van der Waals surface area contributed by atoms with Crippen LogP contribution in [0, 0.1) is 18.6 Å². The number of benzene rings is 3. The Morgan fingerprint density at radius 2 is 1.74 bits per heavy atom. The van der Waals surface area contributed by atoms with Gasteiger partial charge in [0.05, 0.1) is 21.2 Å². The van der Waals surface area contributed by atoms with E-state index >= 15 is 0 Å². The van der Waals surface area contributed by atoms with Crippen LogP contribution in [0.2, 0.25) is 5.02 Å². The number of hydrogen-bond donors (Lipinski definition) is 3. The number of nitrogens with two attached hydrogens (primary N) is 1. The highest BCUT2D eigenvalue weighted by molar-refractivity contribution is 7.92. The minimum Gasteiger partial charge on any atom is -0.326 e. The molecular weight excluding hydrogens is 448 g/mol. The Hall–Kier alpha value is -3.01. The average Bonchev–Trinajstić information content (AvgIpc) is 2.69. The fourth-order valence-corrected chi connectivity index (χ4v) is 4.51. The lowest BCUT2D eigenvalue weighted by Gasteiger charge is -2.15. The third-order valence-corrected chi connectivity index (χ3v) is 6.35. The van der Waals surface area contributed by atoms with Crippen molar-refractivity contribution < 1.29 is 22.0 Å². The molecule has 0 aliphatic rings. The Kier molecular flexibility index (Phi) is 6.59. The molecule has 1 amide bonds. The summed E-state index contributed by atoms with van der Waals surface area (Å²) in [6.45, 7) is 1.34. The average molecular weight is 466 g/mol. The van der Waals surface area contributed by atoms with Crippen LogP contribution < -0.4 is 15.8 Å². The van der Waals surface area contributed by atoms with Gasteiger partial charge in [-0.05, 0) is 48.9 Å². The zero-order chi connectivity index (χ0) is 22.8. The van der Waals surface area contributed by atoms with Crippen molar-refractivity contribution in [3.05, 3.63) is 87.9 Å². The van der Waals surface area contributed by atoms with Gasteiger partial charge in [0.1, 0.15) is 11.6 Å². The molecule has 0 saturated heterocycles. The van der Waals surface area contributed by atoms with E-state index in [1.807, 2.05) is 0 Å². The monoisotopic (exact) mass is 465 g/mol. The number of halogens is 3. The van der Waals surface area contributed by atoms with Gasteiger partial charge in [-0.3, -0.25) is 9.52 Å². The summed E-state index contributed by atoms with van der Waals surface area (Å²) in [6.07, 6.45) is 0. The predicted molar refractivity (Wildman–Crippen MR) is 116 cm³/mol. The standard InChI is InChI=1S/C21H18ClF2N3O3S/c1-12-16(23)5-3-7-19(12)31(29,30)27-18-10-14(9-8-13(18)11-25)26-21(28)20-15(22)4-2-6-17(20)24/h2-10,27H,11,25H2,1H3,(H,26,28). The molecule has 0 radical (unpaired) electrons. The van der Waals surface area contributed by atoms with Crippen molar-refractivity contribution in [1.82, 2.24) is 0 Å². The highest BCUT2D eigenvalue weighted by Crippen LogP contribution is 2.27. The van der Waals surface area contributed by atoms with E-state index < -0.39 is 27.6 Å². The molecule has 0 spiro atoms. The molecule has 0 bridgehead atoms. The molecule has 10 heteroatoms. The molecule has 4 N–H and O–H groups in total. The van der Waals surface area contributed by atoms with Gasteiger partial charge in [0.2, 0.25) is 0 Å². The summed E-state index contributed by atoms with van der Waals surface area (Å²) >= 11 is 5.91. The van der Waals surface area contributed by atoms with Crippen LogP contribution in [0.1, 0.15) is 21.5 Å². The van der Waals surface area contributed by atoms with E-state index in [0.717, 1.165) is 12.1 Å². The molecule has 3 rings (SSSR count). The number of carbonyl (C=O) groups is 1. The minimum atomic E-state index is -4.15. The molecule has 0 fully saturated rings. The number of anilines is 2. The van der Waals surface area contributed by atoms with E-state index in [4.69, 9.17) is 17.3 Å². The second kappa shape index (κ2) is 9.01. The normalized spacial score (nSPS) is 11.3. The van der Waals surface area contributed by atoms with Crippen molar-refractivity contribution in [3.63, 3.8) is 0 Å². The van der Waals surface area contributed by atoms with Crippen LogP contribution in [0.25, 0.3) is 0 Å². The number of rotatable bonds is 6. The lowest BCUT2D eigenvalue weighted by Crippen LogP contribution is -2.18. The smallest absolute Gasteiger partial charge is 0.262 e. The Morgan fingerprint density at radius 1 is 1.06 bits per heavy atom.